The average Bonchev–Trinajstić information content (AvgIpc) is 2.93. The quantitative estimate of drug-likeness (QED) is 0.921. The van der Waals surface area contributed by atoms with Crippen LogP contribution in [0.3, 0.4) is 0 Å². The van der Waals surface area contributed by atoms with Crippen molar-refractivity contribution in [2.45, 2.75) is 32.2 Å². The molecule has 0 aliphatic carbocycles. The molecule has 2 N–H and O–H groups in total. The van der Waals surface area contributed by atoms with Gasteiger partial charge in [-0.15, -0.1) is 0 Å². The summed E-state index contributed by atoms with van der Waals surface area (Å²) >= 11 is 0. The Labute approximate surface area is 127 Å². The maximum atomic E-state index is 6.10. The van der Waals surface area contributed by atoms with Gasteiger partial charge in [0.05, 0.1) is 6.04 Å². The third-order valence-corrected chi connectivity index (χ3v) is 4.51. The highest BCUT2D eigenvalue weighted by molar-refractivity contribution is 5.59. The third-order valence-electron chi connectivity index (χ3n) is 4.51. The van der Waals surface area contributed by atoms with Gasteiger partial charge in [0, 0.05) is 18.8 Å². The highest BCUT2D eigenvalue weighted by Gasteiger charge is 2.25. The Morgan fingerprint density at radius 3 is 2.33 bits per heavy atom. The number of nitrogens with two attached hydrogens (primary N) is 1. The van der Waals surface area contributed by atoms with Gasteiger partial charge in [0.1, 0.15) is 0 Å². The zero-order chi connectivity index (χ0) is 14.8. The molecule has 2 nitrogen and oxygen atoms in total. The van der Waals surface area contributed by atoms with Crippen molar-refractivity contribution in [3.8, 4) is 0 Å². The Kier molecular flexibility index (Phi) is 3.98. The molecule has 1 aliphatic heterocycles. The topological polar surface area (TPSA) is 29.3 Å². The van der Waals surface area contributed by atoms with E-state index < -0.39 is 0 Å². The second-order valence-corrected chi connectivity index (χ2v) is 6.14. The Balaban J connectivity index is 1.89. The first-order valence-corrected chi connectivity index (χ1v) is 7.85. The number of fused-ring (bicyclic) bond motifs is 1. The maximum absolute atomic E-state index is 6.10. The largest absolute Gasteiger partial charge is 0.363 e. The number of nitrogens with zero attached hydrogens (tertiary/aromatic N) is 1. The van der Waals surface area contributed by atoms with Gasteiger partial charge in [0.25, 0.3) is 0 Å². The molecule has 1 unspecified atom stereocenters. The normalized spacial score (nSPS) is 15.3. The lowest BCUT2D eigenvalue weighted by molar-refractivity contribution is 0.648. The standard InChI is InChI=1S/C19H24N2/c1-14(2)15-7-9-17(10-8-15)19(13-20)21-12-11-16-5-3-4-6-18(16)21/h3-10,14,19H,11-13,20H2,1-2H3. The summed E-state index contributed by atoms with van der Waals surface area (Å²) in [5.41, 5.74) is 11.6. The predicted molar refractivity (Wildman–Crippen MR) is 89.8 cm³/mol. The summed E-state index contributed by atoms with van der Waals surface area (Å²) in [5, 5.41) is 0. The molecule has 2 aromatic carbocycles. The van der Waals surface area contributed by atoms with Crippen molar-refractivity contribution in [2.24, 2.45) is 5.73 Å². The summed E-state index contributed by atoms with van der Waals surface area (Å²) in [6.45, 7) is 6.17. The van der Waals surface area contributed by atoms with E-state index in [4.69, 9.17) is 5.73 Å². The number of hydrogen-bond donors (Lipinski definition) is 1. The first-order valence-electron chi connectivity index (χ1n) is 7.85. The van der Waals surface area contributed by atoms with E-state index in [0.29, 0.717) is 12.5 Å². The zero-order valence-electron chi connectivity index (χ0n) is 12.9. The molecule has 0 fully saturated rings. The molecule has 0 amide bonds. The molecule has 2 heteroatoms. The highest BCUT2D eigenvalue weighted by atomic mass is 15.2. The number of rotatable bonds is 4. The molecule has 2 aromatic rings. The molecule has 1 heterocycles. The summed E-state index contributed by atoms with van der Waals surface area (Å²) in [6, 6.07) is 17.9. The Bertz CT molecular complexity index is 601. The van der Waals surface area contributed by atoms with Crippen molar-refractivity contribution in [1.29, 1.82) is 0 Å². The van der Waals surface area contributed by atoms with Crippen molar-refractivity contribution >= 4 is 5.69 Å². The fraction of sp³-hybridized carbons (Fsp3) is 0.368. The molecule has 110 valence electrons. The highest BCUT2D eigenvalue weighted by Crippen LogP contribution is 2.34. The minimum Gasteiger partial charge on any atom is -0.363 e. The predicted octanol–water partition coefficient (Wildman–Crippen LogP) is 3.87. The van der Waals surface area contributed by atoms with E-state index in [-0.39, 0.29) is 6.04 Å². The van der Waals surface area contributed by atoms with Gasteiger partial charge in [-0.1, -0.05) is 56.3 Å². The van der Waals surface area contributed by atoms with Crippen LogP contribution in [0.5, 0.6) is 0 Å². The molecule has 0 spiro atoms. The number of hydrogen-bond acceptors (Lipinski definition) is 2. The van der Waals surface area contributed by atoms with Gasteiger partial charge in [0.15, 0.2) is 0 Å². The summed E-state index contributed by atoms with van der Waals surface area (Å²) in [7, 11) is 0. The minimum atomic E-state index is 0.273. The number of para-hydroxylation sites is 1. The maximum Gasteiger partial charge on any atom is 0.0665 e. The van der Waals surface area contributed by atoms with Crippen molar-refractivity contribution < 1.29 is 0 Å². The minimum absolute atomic E-state index is 0.273. The molecule has 0 aromatic heterocycles. The monoisotopic (exact) mass is 280 g/mol. The summed E-state index contributed by atoms with van der Waals surface area (Å²) in [4.78, 5) is 2.46. The zero-order valence-corrected chi connectivity index (χ0v) is 12.9. The molecular weight excluding hydrogens is 256 g/mol. The van der Waals surface area contributed by atoms with E-state index in [9.17, 15) is 0 Å². The molecule has 0 bridgehead atoms. The lowest BCUT2D eigenvalue weighted by Gasteiger charge is -2.30. The van der Waals surface area contributed by atoms with Crippen LogP contribution in [0.1, 0.15) is 42.5 Å². The van der Waals surface area contributed by atoms with Crippen LogP contribution in [0.15, 0.2) is 48.5 Å². The van der Waals surface area contributed by atoms with E-state index >= 15 is 0 Å². The molecule has 1 atom stereocenters. The molecule has 0 radical (unpaired) electrons. The summed E-state index contributed by atoms with van der Waals surface area (Å²) < 4.78 is 0. The number of benzene rings is 2. The van der Waals surface area contributed by atoms with Gasteiger partial charge >= 0.3 is 0 Å². The Morgan fingerprint density at radius 1 is 1.00 bits per heavy atom. The lowest BCUT2D eigenvalue weighted by Crippen LogP contribution is -2.32. The average molecular weight is 280 g/mol. The van der Waals surface area contributed by atoms with E-state index in [2.05, 4.69) is 67.3 Å². The van der Waals surface area contributed by atoms with E-state index in [1.165, 1.54) is 22.4 Å². The third kappa shape index (κ3) is 2.68. The molecule has 3 rings (SSSR count). The molecule has 0 saturated heterocycles. The first-order chi connectivity index (χ1) is 10.2. The van der Waals surface area contributed by atoms with E-state index in [1.807, 2.05) is 0 Å². The van der Waals surface area contributed by atoms with Crippen LogP contribution in [-0.2, 0) is 6.42 Å². The second-order valence-electron chi connectivity index (χ2n) is 6.14. The van der Waals surface area contributed by atoms with Gasteiger partial charge in [-0.3, -0.25) is 0 Å². The van der Waals surface area contributed by atoms with Crippen LogP contribution in [0.25, 0.3) is 0 Å². The van der Waals surface area contributed by atoms with Crippen LogP contribution < -0.4 is 10.6 Å². The summed E-state index contributed by atoms with van der Waals surface area (Å²) in [5.74, 6) is 0.572. The fourth-order valence-corrected chi connectivity index (χ4v) is 3.23. The fourth-order valence-electron chi connectivity index (χ4n) is 3.23. The first kappa shape index (κ1) is 14.2. The van der Waals surface area contributed by atoms with Crippen molar-refractivity contribution in [3.63, 3.8) is 0 Å². The Hall–Kier alpha value is -1.80. The van der Waals surface area contributed by atoms with E-state index in [1.54, 1.807) is 0 Å². The van der Waals surface area contributed by atoms with Gasteiger partial charge in [-0.05, 0) is 35.1 Å². The van der Waals surface area contributed by atoms with Gasteiger partial charge in [0.2, 0.25) is 0 Å². The summed E-state index contributed by atoms with van der Waals surface area (Å²) in [6.07, 6.45) is 1.12. The van der Waals surface area contributed by atoms with Gasteiger partial charge in [-0.2, -0.15) is 0 Å². The van der Waals surface area contributed by atoms with Crippen molar-refractivity contribution in [3.05, 3.63) is 65.2 Å². The van der Waals surface area contributed by atoms with Crippen molar-refractivity contribution in [2.75, 3.05) is 18.0 Å². The van der Waals surface area contributed by atoms with Crippen LogP contribution in [0.2, 0.25) is 0 Å². The molecule has 1 aliphatic rings. The lowest BCUT2D eigenvalue weighted by atomic mass is 9.98. The molecule has 21 heavy (non-hydrogen) atoms. The second kappa shape index (κ2) is 5.90. The van der Waals surface area contributed by atoms with Crippen LogP contribution in [0, 0.1) is 0 Å². The van der Waals surface area contributed by atoms with E-state index in [0.717, 1.165) is 13.0 Å². The van der Waals surface area contributed by atoms with Crippen LogP contribution in [0.4, 0.5) is 5.69 Å². The van der Waals surface area contributed by atoms with Crippen LogP contribution >= 0.6 is 0 Å². The number of anilines is 1. The van der Waals surface area contributed by atoms with Crippen molar-refractivity contribution in [1.82, 2.24) is 0 Å². The molecule has 0 saturated carbocycles. The van der Waals surface area contributed by atoms with Gasteiger partial charge < -0.3 is 10.6 Å². The van der Waals surface area contributed by atoms with Crippen LogP contribution in [-0.4, -0.2) is 13.1 Å². The smallest absolute Gasteiger partial charge is 0.0665 e. The van der Waals surface area contributed by atoms with Gasteiger partial charge in [-0.25, -0.2) is 0 Å². The SMILES string of the molecule is CC(C)c1ccc(C(CN)N2CCc3ccccc32)cc1. The Morgan fingerprint density at radius 2 is 1.67 bits per heavy atom. The molecular formula is C19H24N2.